The number of ether oxygens (including phenoxy) is 1. The number of imide groups is 1. The van der Waals surface area contributed by atoms with Gasteiger partial charge in [0, 0.05) is 13.7 Å². The van der Waals surface area contributed by atoms with Crippen LogP contribution in [0.4, 0.5) is 4.79 Å². The van der Waals surface area contributed by atoms with Crippen LogP contribution in [0.2, 0.25) is 0 Å². The van der Waals surface area contributed by atoms with Crippen molar-refractivity contribution >= 4 is 17.8 Å². The lowest BCUT2D eigenvalue weighted by Gasteiger charge is -2.14. The van der Waals surface area contributed by atoms with Crippen LogP contribution in [-0.2, 0) is 14.3 Å². The standard InChI is InChI=1S/C9H15N3O5/c1-17-5-6(13)2-10-7(14)4-12-8(15)3-11-9(12)16/h6,13H,2-5H2,1H3,(H,10,14)(H,11,16). The Morgan fingerprint density at radius 2 is 2.35 bits per heavy atom. The summed E-state index contributed by atoms with van der Waals surface area (Å²) in [7, 11) is 1.43. The van der Waals surface area contributed by atoms with Gasteiger partial charge in [-0.25, -0.2) is 4.79 Å². The van der Waals surface area contributed by atoms with Gasteiger partial charge in [0.2, 0.25) is 5.91 Å². The molecule has 1 saturated heterocycles. The molecule has 1 unspecified atom stereocenters. The zero-order valence-corrected chi connectivity index (χ0v) is 9.43. The highest BCUT2D eigenvalue weighted by Crippen LogP contribution is 1.97. The second kappa shape index (κ2) is 6.16. The van der Waals surface area contributed by atoms with Crippen LogP contribution in [0.15, 0.2) is 0 Å². The number of carbonyl (C=O) groups excluding carboxylic acids is 3. The van der Waals surface area contributed by atoms with Crippen LogP contribution >= 0.6 is 0 Å². The van der Waals surface area contributed by atoms with Gasteiger partial charge in [-0.15, -0.1) is 0 Å². The van der Waals surface area contributed by atoms with Crippen molar-refractivity contribution in [3.8, 4) is 0 Å². The number of aliphatic hydroxyl groups is 1. The fourth-order valence-electron chi connectivity index (χ4n) is 1.30. The fourth-order valence-corrected chi connectivity index (χ4v) is 1.30. The van der Waals surface area contributed by atoms with E-state index in [1.807, 2.05) is 0 Å². The van der Waals surface area contributed by atoms with Gasteiger partial charge in [0.15, 0.2) is 0 Å². The number of rotatable bonds is 6. The molecular weight excluding hydrogens is 230 g/mol. The predicted molar refractivity (Wildman–Crippen MR) is 56.0 cm³/mol. The molecule has 3 N–H and O–H groups in total. The van der Waals surface area contributed by atoms with Gasteiger partial charge in [-0.05, 0) is 0 Å². The lowest BCUT2D eigenvalue weighted by Crippen LogP contribution is -2.43. The van der Waals surface area contributed by atoms with E-state index in [2.05, 4.69) is 15.4 Å². The number of carbonyl (C=O) groups is 3. The van der Waals surface area contributed by atoms with Crippen LogP contribution in [0, 0.1) is 0 Å². The van der Waals surface area contributed by atoms with Crippen LogP contribution in [0.1, 0.15) is 0 Å². The molecule has 0 aliphatic carbocycles. The molecule has 0 saturated carbocycles. The van der Waals surface area contributed by atoms with Gasteiger partial charge in [-0.3, -0.25) is 14.5 Å². The highest BCUT2D eigenvalue weighted by Gasteiger charge is 2.30. The highest BCUT2D eigenvalue weighted by atomic mass is 16.5. The summed E-state index contributed by atoms with van der Waals surface area (Å²) < 4.78 is 4.67. The smallest absolute Gasteiger partial charge is 0.325 e. The molecule has 0 radical (unpaired) electrons. The summed E-state index contributed by atoms with van der Waals surface area (Å²) in [5.41, 5.74) is 0. The first-order chi connectivity index (χ1) is 8.04. The summed E-state index contributed by atoms with van der Waals surface area (Å²) in [5.74, 6) is -0.951. The number of hydrogen-bond acceptors (Lipinski definition) is 5. The Hall–Kier alpha value is -1.67. The van der Waals surface area contributed by atoms with Gasteiger partial charge >= 0.3 is 6.03 Å². The zero-order valence-electron chi connectivity index (χ0n) is 9.43. The Balaban J connectivity index is 2.29. The van der Waals surface area contributed by atoms with Crippen molar-refractivity contribution in [1.29, 1.82) is 0 Å². The summed E-state index contributed by atoms with van der Waals surface area (Å²) in [6, 6.07) is -0.581. The molecule has 1 heterocycles. The lowest BCUT2D eigenvalue weighted by atomic mass is 10.3. The van der Waals surface area contributed by atoms with Gasteiger partial charge < -0.3 is 20.5 Å². The molecule has 0 aromatic rings. The minimum atomic E-state index is -0.813. The van der Waals surface area contributed by atoms with Crippen molar-refractivity contribution in [2.45, 2.75) is 6.10 Å². The van der Waals surface area contributed by atoms with Crippen molar-refractivity contribution in [1.82, 2.24) is 15.5 Å². The van der Waals surface area contributed by atoms with Crippen LogP contribution in [0.25, 0.3) is 0 Å². The Bertz CT molecular complexity index is 304. The third-order valence-electron chi connectivity index (χ3n) is 2.13. The van der Waals surface area contributed by atoms with E-state index in [-0.39, 0.29) is 26.2 Å². The maximum absolute atomic E-state index is 11.4. The van der Waals surface area contributed by atoms with Crippen LogP contribution in [-0.4, -0.2) is 67.3 Å². The highest BCUT2D eigenvalue weighted by molar-refractivity contribution is 6.04. The van der Waals surface area contributed by atoms with Crippen LogP contribution in [0.3, 0.4) is 0 Å². The Labute approximate surface area is 97.9 Å². The molecule has 4 amide bonds. The van der Waals surface area contributed by atoms with Crippen molar-refractivity contribution < 1.29 is 24.2 Å². The second-order valence-electron chi connectivity index (χ2n) is 3.55. The average Bonchev–Trinajstić information content (AvgIpc) is 2.58. The molecule has 0 aromatic heterocycles. The molecule has 0 aromatic carbocycles. The van der Waals surface area contributed by atoms with Gasteiger partial charge in [-0.1, -0.05) is 0 Å². The van der Waals surface area contributed by atoms with Crippen molar-refractivity contribution in [2.24, 2.45) is 0 Å². The summed E-state index contributed by atoms with van der Waals surface area (Å²) >= 11 is 0. The number of nitrogens with zero attached hydrogens (tertiary/aromatic N) is 1. The summed E-state index contributed by atoms with van der Waals surface area (Å²) in [5, 5.41) is 14.0. The van der Waals surface area contributed by atoms with Gasteiger partial charge in [0.05, 0.1) is 19.3 Å². The molecule has 1 aliphatic heterocycles. The molecule has 8 heteroatoms. The first kappa shape index (κ1) is 13.4. The van der Waals surface area contributed by atoms with E-state index in [1.54, 1.807) is 0 Å². The topological polar surface area (TPSA) is 108 Å². The van der Waals surface area contributed by atoms with E-state index in [4.69, 9.17) is 0 Å². The predicted octanol–water partition coefficient (Wildman–Crippen LogP) is -2.34. The van der Waals surface area contributed by atoms with E-state index < -0.39 is 23.9 Å². The fraction of sp³-hybridized carbons (Fsp3) is 0.667. The second-order valence-corrected chi connectivity index (χ2v) is 3.55. The lowest BCUT2D eigenvalue weighted by molar-refractivity contribution is -0.130. The van der Waals surface area contributed by atoms with Crippen molar-refractivity contribution in [3.63, 3.8) is 0 Å². The van der Waals surface area contributed by atoms with Gasteiger partial charge in [0.1, 0.15) is 6.54 Å². The van der Waals surface area contributed by atoms with Crippen molar-refractivity contribution in [3.05, 3.63) is 0 Å². The normalized spacial score (nSPS) is 16.9. The molecule has 1 fully saturated rings. The molecule has 17 heavy (non-hydrogen) atoms. The first-order valence-corrected chi connectivity index (χ1v) is 5.06. The average molecular weight is 245 g/mol. The van der Waals surface area contributed by atoms with Gasteiger partial charge in [-0.2, -0.15) is 0 Å². The van der Waals surface area contributed by atoms with E-state index in [0.717, 1.165) is 4.90 Å². The summed E-state index contributed by atoms with van der Waals surface area (Å²) in [6.07, 6.45) is -0.813. The number of hydrogen-bond donors (Lipinski definition) is 3. The molecule has 0 bridgehead atoms. The minimum absolute atomic E-state index is 0.0102. The largest absolute Gasteiger partial charge is 0.389 e. The third kappa shape index (κ3) is 4.00. The number of methoxy groups -OCH3 is 1. The van der Waals surface area contributed by atoms with Crippen molar-refractivity contribution in [2.75, 3.05) is 33.4 Å². The SMILES string of the molecule is COCC(O)CNC(=O)CN1C(=O)CNC1=O. The summed E-state index contributed by atoms with van der Waals surface area (Å²) in [4.78, 5) is 34.4. The van der Waals surface area contributed by atoms with E-state index in [1.165, 1.54) is 7.11 Å². The molecule has 8 nitrogen and oxygen atoms in total. The molecule has 1 atom stereocenters. The Morgan fingerprint density at radius 1 is 1.65 bits per heavy atom. The van der Waals surface area contributed by atoms with E-state index >= 15 is 0 Å². The minimum Gasteiger partial charge on any atom is -0.389 e. The van der Waals surface area contributed by atoms with Crippen LogP contribution in [0.5, 0.6) is 0 Å². The first-order valence-electron chi connectivity index (χ1n) is 5.06. The monoisotopic (exact) mass is 245 g/mol. The third-order valence-corrected chi connectivity index (χ3v) is 2.13. The summed E-state index contributed by atoms with van der Waals surface area (Å²) in [6.45, 7) is -0.317. The van der Waals surface area contributed by atoms with Crippen LogP contribution < -0.4 is 10.6 Å². The number of nitrogens with one attached hydrogen (secondary N) is 2. The molecule has 0 spiro atoms. The number of aliphatic hydroxyl groups excluding tert-OH is 1. The number of amides is 4. The van der Waals surface area contributed by atoms with Gasteiger partial charge in [0.25, 0.3) is 5.91 Å². The van der Waals surface area contributed by atoms with E-state index in [0.29, 0.717) is 0 Å². The Kier molecular flexibility index (Phi) is 4.85. The maximum Gasteiger partial charge on any atom is 0.325 e. The molecule has 1 aliphatic rings. The van der Waals surface area contributed by atoms with E-state index in [9.17, 15) is 19.5 Å². The molecule has 96 valence electrons. The Morgan fingerprint density at radius 3 is 2.88 bits per heavy atom. The number of urea groups is 1. The zero-order chi connectivity index (χ0) is 12.8. The maximum atomic E-state index is 11.4. The molecular formula is C9H15N3O5. The molecule has 1 rings (SSSR count). The quantitative estimate of drug-likeness (QED) is 0.454.